The molecule has 0 amide bonds. The molecule has 3 aromatic rings. The van der Waals surface area contributed by atoms with E-state index >= 15 is 0 Å². The summed E-state index contributed by atoms with van der Waals surface area (Å²) in [5, 5.41) is 16.8. The van der Waals surface area contributed by atoms with E-state index in [1.165, 1.54) is 31.4 Å². The molecule has 0 atom stereocenters. The first-order chi connectivity index (χ1) is 14.8. The van der Waals surface area contributed by atoms with Gasteiger partial charge in [0.1, 0.15) is 17.2 Å². The second-order valence-electron chi connectivity index (χ2n) is 6.38. The van der Waals surface area contributed by atoms with Crippen molar-refractivity contribution in [1.82, 2.24) is 0 Å². The standard InChI is InChI=1S/C21H20N4O5S/c1-14-12-20(25-23-15-4-8-17(29-2)9-5-15)21(30-3)13-19(14)24-22-16-6-10-18(11-7-16)31(26,27)28/h4-13H,1-3H3,(H,26,27,28). The fourth-order valence-corrected chi connectivity index (χ4v) is 3.05. The number of azo groups is 2. The molecule has 3 aromatic carbocycles. The Morgan fingerprint density at radius 1 is 0.742 bits per heavy atom. The topological polar surface area (TPSA) is 122 Å². The lowest BCUT2D eigenvalue weighted by molar-refractivity contribution is 0.414. The largest absolute Gasteiger partial charge is 0.497 e. The van der Waals surface area contributed by atoms with Crippen LogP contribution >= 0.6 is 0 Å². The molecule has 3 rings (SSSR count). The summed E-state index contributed by atoms with van der Waals surface area (Å²) in [6.45, 7) is 1.85. The van der Waals surface area contributed by atoms with E-state index in [-0.39, 0.29) is 4.90 Å². The Balaban J connectivity index is 1.83. The summed E-state index contributed by atoms with van der Waals surface area (Å²) in [6.07, 6.45) is 0. The van der Waals surface area contributed by atoms with Gasteiger partial charge in [0.15, 0.2) is 0 Å². The molecule has 1 N–H and O–H groups in total. The third-order valence-corrected chi connectivity index (χ3v) is 5.12. The number of hydrogen-bond donors (Lipinski definition) is 1. The number of hydrogen-bond acceptors (Lipinski definition) is 8. The zero-order chi connectivity index (χ0) is 22.4. The van der Waals surface area contributed by atoms with Crippen molar-refractivity contribution in [2.24, 2.45) is 20.5 Å². The van der Waals surface area contributed by atoms with Gasteiger partial charge in [0.25, 0.3) is 10.1 Å². The zero-order valence-electron chi connectivity index (χ0n) is 17.1. The van der Waals surface area contributed by atoms with Crippen molar-refractivity contribution in [2.75, 3.05) is 14.2 Å². The van der Waals surface area contributed by atoms with Crippen molar-refractivity contribution in [3.05, 3.63) is 66.2 Å². The minimum atomic E-state index is -4.25. The van der Waals surface area contributed by atoms with E-state index in [1.54, 1.807) is 43.5 Å². The molecule has 0 heterocycles. The van der Waals surface area contributed by atoms with Gasteiger partial charge in [-0.1, -0.05) is 0 Å². The van der Waals surface area contributed by atoms with Gasteiger partial charge in [-0.05, 0) is 67.1 Å². The van der Waals surface area contributed by atoms with Crippen LogP contribution in [0.1, 0.15) is 5.56 Å². The SMILES string of the molecule is COc1ccc(N=Nc2cc(C)c(N=Nc3ccc(S(=O)(=O)O)cc3)cc2OC)cc1. The lowest BCUT2D eigenvalue weighted by Gasteiger charge is -2.07. The van der Waals surface area contributed by atoms with E-state index < -0.39 is 10.1 Å². The summed E-state index contributed by atoms with van der Waals surface area (Å²) in [5.74, 6) is 1.20. The van der Waals surface area contributed by atoms with Crippen LogP contribution in [0.2, 0.25) is 0 Å². The molecule has 31 heavy (non-hydrogen) atoms. The van der Waals surface area contributed by atoms with Crippen molar-refractivity contribution in [3.63, 3.8) is 0 Å². The van der Waals surface area contributed by atoms with E-state index in [4.69, 9.17) is 14.0 Å². The third-order valence-electron chi connectivity index (χ3n) is 4.25. The van der Waals surface area contributed by atoms with Crippen molar-refractivity contribution in [2.45, 2.75) is 11.8 Å². The van der Waals surface area contributed by atoms with Crippen LogP contribution < -0.4 is 9.47 Å². The molecule has 0 aliphatic carbocycles. The molecular formula is C21H20N4O5S. The number of aryl methyl sites for hydroxylation is 1. The number of methoxy groups -OCH3 is 2. The first-order valence-corrected chi connectivity index (χ1v) is 10.5. The Hall–Kier alpha value is -3.63. The Morgan fingerprint density at radius 3 is 1.81 bits per heavy atom. The fraction of sp³-hybridized carbons (Fsp3) is 0.143. The molecule has 0 fully saturated rings. The summed E-state index contributed by atoms with van der Waals surface area (Å²) in [5.41, 5.74) is 2.97. The smallest absolute Gasteiger partial charge is 0.294 e. The van der Waals surface area contributed by atoms with Gasteiger partial charge in [0.2, 0.25) is 0 Å². The minimum absolute atomic E-state index is 0.212. The quantitative estimate of drug-likeness (QED) is 0.352. The zero-order valence-corrected chi connectivity index (χ0v) is 17.9. The molecule has 0 saturated carbocycles. The van der Waals surface area contributed by atoms with Gasteiger partial charge in [0, 0.05) is 6.07 Å². The van der Waals surface area contributed by atoms with Crippen LogP contribution in [-0.4, -0.2) is 27.2 Å². The van der Waals surface area contributed by atoms with Crippen LogP contribution in [0.15, 0.2) is 86.0 Å². The first-order valence-electron chi connectivity index (χ1n) is 9.04. The minimum Gasteiger partial charge on any atom is -0.497 e. The van der Waals surface area contributed by atoms with Gasteiger partial charge >= 0.3 is 0 Å². The van der Waals surface area contributed by atoms with Crippen molar-refractivity contribution < 1.29 is 22.4 Å². The van der Waals surface area contributed by atoms with Crippen LogP contribution in [0.25, 0.3) is 0 Å². The second kappa shape index (κ2) is 9.45. The number of benzene rings is 3. The van der Waals surface area contributed by atoms with E-state index in [9.17, 15) is 8.42 Å². The maximum atomic E-state index is 11.1. The van der Waals surface area contributed by atoms with E-state index in [0.29, 0.717) is 28.5 Å². The highest BCUT2D eigenvalue weighted by Crippen LogP contribution is 2.36. The summed E-state index contributed by atoms with van der Waals surface area (Å²) in [4.78, 5) is -0.212. The summed E-state index contributed by atoms with van der Waals surface area (Å²) >= 11 is 0. The van der Waals surface area contributed by atoms with Gasteiger partial charge in [-0.2, -0.15) is 23.8 Å². The first kappa shape index (κ1) is 22.1. The van der Waals surface area contributed by atoms with E-state index in [1.807, 2.05) is 6.92 Å². The highest BCUT2D eigenvalue weighted by Gasteiger charge is 2.10. The van der Waals surface area contributed by atoms with E-state index in [2.05, 4.69) is 20.5 Å². The Morgan fingerprint density at radius 2 is 1.29 bits per heavy atom. The maximum absolute atomic E-state index is 11.1. The molecule has 0 unspecified atom stereocenters. The Labute approximate surface area is 179 Å². The van der Waals surface area contributed by atoms with Gasteiger partial charge in [-0.25, -0.2) is 0 Å². The van der Waals surface area contributed by atoms with Crippen LogP contribution in [0.4, 0.5) is 22.7 Å². The van der Waals surface area contributed by atoms with Gasteiger partial charge in [0.05, 0.1) is 36.2 Å². The highest BCUT2D eigenvalue weighted by atomic mass is 32.2. The fourth-order valence-electron chi connectivity index (χ4n) is 2.57. The molecule has 0 saturated heterocycles. The molecule has 10 heteroatoms. The molecule has 0 bridgehead atoms. The van der Waals surface area contributed by atoms with Crippen molar-refractivity contribution in [1.29, 1.82) is 0 Å². The number of rotatable bonds is 7. The van der Waals surface area contributed by atoms with E-state index in [0.717, 1.165) is 11.3 Å². The molecule has 0 spiro atoms. The van der Waals surface area contributed by atoms with Crippen molar-refractivity contribution >= 4 is 32.9 Å². The van der Waals surface area contributed by atoms with Gasteiger partial charge in [-0.15, -0.1) is 5.11 Å². The predicted molar refractivity (Wildman–Crippen MR) is 115 cm³/mol. The Bertz CT molecular complexity index is 1220. The highest BCUT2D eigenvalue weighted by molar-refractivity contribution is 7.85. The van der Waals surface area contributed by atoms with Crippen LogP contribution in [0.3, 0.4) is 0 Å². The van der Waals surface area contributed by atoms with Crippen LogP contribution in [0.5, 0.6) is 11.5 Å². The molecule has 160 valence electrons. The average Bonchev–Trinajstić information content (AvgIpc) is 2.77. The predicted octanol–water partition coefficient (Wildman–Crippen LogP) is 6.09. The third kappa shape index (κ3) is 5.71. The molecule has 0 radical (unpaired) electrons. The molecule has 0 aliphatic rings. The summed E-state index contributed by atoms with van der Waals surface area (Å²) in [7, 11) is -1.14. The lowest BCUT2D eigenvalue weighted by Crippen LogP contribution is -1.96. The monoisotopic (exact) mass is 440 g/mol. The second-order valence-corrected chi connectivity index (χ2v) is 7.80. The molecular weight excluding hydrogens is 420 g/mol. The van der Waals surface area contributed by atoms with Crippen LogP contribution in [0, 0.1) is 6.92 Å². The Kier molecular flexibility index (Phi) is 6.73. The molecule has 0 aliphatic heterocycles. The molecule has 0 aromatic heterocycles. The number of ether oxygens (including phenoxy) is 2. The number of nitrogens with zero attached hydrogens (tertiary/aromatic N) is 4. The summed E-state index contributed by atoms with van der Waals surface area (Å²) in [6, 6.07) is 16.0. The van der Waals surface area contributed by atoms with Crippen molar-refractivity contribution in [3.8, 4) is 11.5 Å². The molecule has 9 nitrogen and oxygen atoms in total. The maximum Gasteiger partial charge on any atom is 0.294 e. The normalized spacial score (nSPS) is 11.9. The summed E-state index contributed by atoms with van der Waals surface area (Å²) < 4.78 is 41.8. The van der Waals surface area contributed by atoms with Gasteiger partial charge < -0.3 is 9.47 Å². The average molecular weight is 440 g/mol. The lowest BCUT2D eigenvalue weighted by atomic mass is 10.1. The van der Waals surface area contributed by atoms with Crippen LogP contribution in [-0.2, 0) is 10.1 Å². The van der Waals surface area contributed by atoms with Gasteiger partial charge in [-0.3, -0.25) is 4.55 Å².